The average Bonchev–Trinajstić information content (AvgIpc) is 2.45. The highest BCUT2D eigenvalue weighted by molar-refractivity contribution is 5.92. The van der Waals surface area contributed by atoms with Crippen molar-refractivity contribution < 1.29 is 9.53 Å². The van der Waals surface area contributed by atoms with Crippen LogP contribution in [-0.2, 0) is 4.74 Å². The zero-order valence-corrected chi connectivity index (χ0v) is 10.0. The number of hydrogen-bond donors (Lipinski definition) is 0. The zero-order valence-electron chi connectivity index (χ0n) is 10.0. The van der Waals surface area contributed by atoms with Crippen LogP contribution in [-0.4, -0.2) is 19.3 Å². The van der Waals surface area contributed by atoms with E-state index in [0.717, 1.165) is 11.3 Å². The van der Waals surface area contributed by atoms with Gasteiger partial charge in [0.05, 0.1) is 18.4 Å². The second kappa shape index (κ2) is 5.77. The van der Waals surface area contributed by atoms with Gasteiger partial charge >= 0.3 is 5.97 Å². The predicted molar refractivity (Wildman–Crippen MR) is 71.5 cm³/mol. The molecule has 18 heavy (non-hydrogen) atoms. The van der Waals surface area contributed by atoms with Crippen molar-refractivity contribution in [3.8, 4) is 0 Å². The largest absolute Gasteiger partial charge is 0.465 e. The van der Waals surface area contributed by atoms with Crippen LogP contribution in [0.5, 0.6) is 0 Å². The molecule has 3 nitrogen and oxygen atoms in total. The first-order valence-electron chi connectivity index (χ1n) is 5.57. The van der Waals surface area contributed by atoms with E-state index in [1.807, 2.05) is 36.4 Å². The van der Waals surface area contributed by atoms with E-state index in [1.54, 1.807) is 24.4 Å². The van der Waals surface area contributed by atoms with Gasteiger partial charge in [0.1, 0.15) is 0 Å². The van der Waals surface area contributed by atoms with Crippen molar-refractivity contribution in [3.05, 3.63) is 65.7 Å². The van der Waals surface area contributed by atoms with Crippen molar-refractivity contribution in [3.63, 3.8) is 0 Å². The first kappa shape index (κ1) is 12.0. The van der Waals surface area contributed by atoms with Gasteiger partial charge in [-0.1, -0.05) is 30.3 Å². The molecule has 0 aromatic heterocycles. The monoisotopic (exact) mass is 239 g/mol. The van der Waals surface area contributed by atoms with Gasteiger partial charge in [-0.05, 0) is 29.8 Å². The van der Waals surface area contributed by atoms with Crippen LogP contribution in [0, 0.1) is 0 Å². The zero-order chi connectivity index (χ0) is 12.8. The third kappa shape index (κ3) is 3.04. The molecule has 0 spiro atoms. The minimum atomic E-state index is -0.343. The van der Waals surface area contributed by atoms with Gasteiger partial charge in [0.25, 0.3) is 0 Å². The summed E-state index contributed by atoms with van der Waals surface area (Å²) in [5, 5.41) is 0. The maximum atomic E-state index is 11.4. The Hall–Kier alpha value is -2.42. The maximum absolute atomic E-state index is 11.4. The van der Waals surface area contributed by atoms with Crippen LogP contribution >= 0.6 is 0 Å². The molecule has 0 fully saturated rings. The molecule has 0 atom stereocenters. The molecule has 0 saturated carbocycles. The van der Waals surface area contributed by atoms with Gasteiger partial charge in [-0.25, -0.2) is 4.79 Å². The van der Waals surface area contributed by atoms with Gasteiger partial charge in [0.15, 0.2) is 0 Å². The van der Waals surface area contributed by atoms with Crippen LogP contribution in [0.1, 0.15) is 15.9 Å². The summed E-state index contributed by atoms with van der Waals surface area (Å²) in [4.78, 5) is 15.7. The molecule has 2 aromatic rings. The lowest BCUT2D eigenvalue weighted by Crippen LogP contribution is -2.01. The van der Waals surface area contributed by atoms with Crippen molar-refractivity contribution in [1.29, 1.82) is 0 Å². The SMILES string of the molecule is COC(=O)c1cccc(C=Nc2ccccc2)c1. The highest BCUT2D eigenvalue weighted by Crippen LogP contribution is 2.11. The Morgan fingerprint density at radius 3 is 2.61 bits per heavy atom. The third-order valence-corrected chi connectivity index (χ3v) is 2.43. The Morgan fingerprint density at radius 2 is 1.89 bits per heavy atom. The number of rotatable bonds is 3. The smallest absolute Gasteiger partial charge is 0.337 e. The second-order valence-electron chi connectivity index (χ2n) is 3.71. The van der Waals surface area contributed by atoms with Crippen molar-refractivity contribution >= 4 is 17.9 Å². The summed E-state index contributed by atoms with van der Waals surface area (Å²) in [5.74, 6) is -0.343. The molecule has 0 radical (unpaired) electrons. The Morgan fingerprint density at radius 1 is 1.11 bits per heavy atom. The summed E-state index contributed by atoms with van der Waals surface area (Å²) < 4.78 is 4.67. The molecule has 0 N–H and O–H groups in total. The van der Waals surface area contributed by atoms with Crippen molar-refractivity contribution in [2.75, 3.05) is 7.11 Å². The molecule has 2 aromatic carbocycles. The molecule has 0 aliphatic rings. The van der Waals surface area contributed by atoms with Crippen molar-refractivity contribution in [2.45, 2.75) is 0 Å². The van der Waals surface area contributed by atoms with Gasteiger partial charge in [0, 0.05) is 6.21 Å². The summed E-state index contributed by atoms with van der Waals surface area (Å²) in [7, 11) is 1.37. The number of ether oxygens (including phenoxy) is 1. The van der Waals surface area contributed by atoms with E-state index < -0.39 is 0 Å². The highest BCUT2D eigenvalue weighted by Gasteiger charge is 2.04. The second-order valence-corrected chi connectivity index (χ2v) is 3.71. The van der Waals surface area contributed by atoms with E-state index >= 15 is 0 Å². The molecule has 90 valence electrons. The van der Waals surface area contributed by atoms with E-state index in [-0.39, 0.29) is 5.97 Å². The fourth-order valence-corrected chi connectivity index (χ4v) is 1.53. The molecule has 0 unspecified atom stereocenters. The Balaban J connectivity index is 2.20. The first-order valence-corrected chi connectivity index (χ1v) is 5.57. The van der Waals surface area contributed by atoms with Gasteiger partial charge in [-0.2, -0.15) is 0 Å². The van der Waals surface area contributed by atoms with Gasteiger partial charge in [0.2, 0.25) is 0 Å². The minimum absolute atomic E-state index is 0.343. The lowest BCUT2D eigenvalue weighted by Gasteiger charge is -1.99. The van der Waals surface area contributed by atoms with Gasteiger partial charge in [-0.15, -0.1) is 0 Å². The molecular formula is C15H13NO2. The summed E-state index contributed by atoms with van der Waals surface area (Å²) in [6, 6.07) is 16.8. The van der Waals surface area contributed by atoms with E-state index in [0.29, 0.717) is 5.56 Å². The van der Waals surface area contributed by atoms with Crippen LogP contribution in [0.2, 0.25) is 0 Å². The molecule has 0 aliphatic carbocycles. The maximum Gasteiger partial charge on any atom is 0.337 e. The summed E-state index contributed by atoms with van der Waals surface area (Å²) >= 11 is 0. The Labute approximate surface area is 106 Å². The number of nitrogens with zero attached hydrogens (tertiary/aromatic N) is 1. The molecule has 0 saturated heterocycles. The molecule has 0 aliphatic heterocycles. The molecule has 0 bridgehead atoms. The summed E-state index contributed by atoms with van der Waals surface area (Å²) in [5.41, 5.74) is 2.26. The Kier molecular flexibility index (Phi) is 3.86. The van der Waals surface area contributed by atoms with Crippen molar-refractivity contribution in [1.82, 2.24) is 0 Å². The van der Waals surface area contributed by atoms with E-state index in [9.17, 15) is 4.79 Å². The third-order valence-electron chi connectivity index (χ3n) is 2.43. The topological polar surface area (TPSA) is 38.7 Å². The number of hydrogen-bond acceptors (Lipinski definition) is 3. The Bertz CT molecular complexity index is 562. The van der Waals surface area contributed by atoms with Crippen LogP contribution < -0.4 is 0 Å². The lowest BCUT2D eigenvalue weighted by atomic mass is 10.1. The lowest BCUT2D eigenvalue weighted by molar-refractivity contribution is 0.0600. The molecule has 2 rings (SSSR count). The standard InChI is InChI=1S/C15H13NO2/c1-18-15(17)13-7-5-6-12(10-13)11-16-14-8-3-2-4-9-14/h2-11H,1H3. The summed E-state index contributed by atoms with van der Waals surface area (Å²) in [6.07, 6.45) is 1.72. The normalized spacial score (nSPS) is 10.5. The van der Waals surface area contributed by atoms with E-state index in [4.69, 9.17) is 0 Å². The summed E-state index contributed by atoms with van der Waals surface area (Å²) in [6.45, 7) is 0. The number of para-hydroxylation sites is 1. The van der Waals surface area contributed by atoms with Gasteiger partial charge in [-0.3, -0.25) is 4.99 Å². The fourth-order valence-electron chi connectivity index (χ4n) is 1.53. The number of esters is 1. The van der Waals surface area contributed by atoms with Crippen LogP contribution in [0.25, 0.3) is 0 Å². The first-order chi connectivity index (χ1) is 8.79. The molecule has 0 amide bonds. The highest BCUT2D eigenvalue weighted by atomic mass is 16.5. The fraction of sp³-hybridized carbons (Fsp3) is 0.0667. The average molecular weight is 239 g/mol. The van der Waals surface area contributed by atoms with Crippen LogP contribution in [0.3, 0.4) is 0 Å². The number of methoxy groups -OCH3 is 1. The predicted octanol–water partition coefficient (Wildman–Crippen LogP) is 3.22. The quantitative estimate of drug-likeness (QED) is 0.609. The number of carbonyl (C=O) groups excluding carboxylic acids is 1. The van der Waals surface area contributed by atoms with Crippen LogP contribution in [0.15, 0.2) is 59.6 Å². The van der Waals surface area contributed by atoms with Crippen molar-refractivity contribution in [2.24, 2.45) is 4.99 Å². The van der Waals surface area contributed by atoms with Gasteiger partial charge < -0.3 is 4.74 Å². The van der Waals surface area contributed by atoms with E-state index in [1.165, 1.54) is 7.11 Å². The number of aliphatic imine (C=N–C) groups is 1. The molecule has 0 heterocycles. The number of benzene rings is 2. The molecule has 3 heteroatoms. The number of carbonyl (C=O) groups is 1. The van der Waals surface area contributed by atoms with E-state index in [2.05, 4.69) is 9.73 Å². The molecular weight excluding hydrogens is 226 g/mol. The van der Waals surface area contributed by atoms with Crippen LogP contribution in [0.4, 0.5) is 5.69 Å². The minimum Gasteiger partial charge on any atom is -0.465 e.